The molecule has 1 unspecified atom stereocenters. The molecule has 0 fully saturated rings. The Morgan fingerprint density at radius 3 is 3.23 bits per heavy atom. The first-order valence-electron chi connectivity index (χ1n) is 4.09. The molecule has 0 aromatic heterocycles. The Morgan fingerprint density at radius 1 is 1.31 bits per heavy atom. The molecule has 3 heteroatoms. The third-order valence-electron chi connectivity index (χ3n) is 2.18. The zero-order chi connectivity index (χ0) is 8.67. The van der Waals surface area contributed by atoms with E-state index in [1.807, 2.05) is 23.7 Å². The van der Waals surface area contributed by atoms with Crippen molar-refractivity contribution >= 4 is 17.3 Å². The maximum absolute atomic E-state index is 5.47. The predicted molar refractivity (Wildman–Crippen MR) is 54.0 cm³/mol. The number of para-hydroxylation sites is 1. The molecule has 1 atom stereocenters. The van der Waals surface area contributed by atoms with Gasteiger partial charge in [0.05, 0.1) is 10.5 Å². The number of thioether (sulfide) groups is 1. The predicted octanol–water partition coefficient (Wildman–Crippen LogP) is 2.74. The highest BCUT2D eigenvalue weighted by molar-refractivity contribution is 8.15. The zero-order valence-electron chi connectivity index (χ0n) is 6.81. The summed E-state index contributed by atoms with van der Waals surface area (Å²) in [6, 6.07) is 8.22. The van der Waals surface area contributed by atoms with Crippen molar-refractivity contribution in [2.24, 2.45) is 4.99 Å². The van der Waals surface area contributed by atoms with Gasteiger partial charge < -0.3 is 4.74 Å². The molecule has 0 aliphatic carbocycles. The summed E-state index contributed by atoms with van der Waals surface area (Å²) in [5.74, 6) is 0.927. The van der Waals surface area contributed by atoms with E-state index in [9.17, 15) is 0 Å². The van der Waals surface area contributed by atoms with Gasteiger partial charge in [-0.3, -0.25) is 4.99 Å². The number of ether oxygens (including phenoxy) is 1. The minimum absolute atomic E-state index is 0.190. The van der Waals surface area contributed by atoms with Crippen LogP contribution in [0.3, 0.4) is 0 Å². The number of hydrogen-bond donors (Lipinski definition) is 0. The molecule has 2 aliphatic heterocycles. The minimum atomic E-state index is 0.190. The van der Waals surface area contributed by atoms with Crippen molar-refractivity contribution in [3.8, 4) is 5.75 Å². The van der Waals surface area contributed by atoms with Gasteiger partial charge in [-0.1, -0.05) is 30.0 Å². The van der Waals surface area contributed by atoms with Gasteiger partial charge in [0, 0.05) is 5.56 Å². The monoisotopic (exact) mass is 189 g/mol. The topological polar surface area (TPSA) is 21.6 Å². The van der Waals surface area contributed by atoms with Crippen LogP contribution in [-0.2, 0) is 0 Å². The van der Waals surface area contributed by atoms with Crippen molar-refractivity contribution < 1.29 is 4.74 Å². The van der Waals surface area contributed by atoms with Gasteiger partial charge >= 0.3 is 0 Å². The Balaban J connectivity index is 2.17. The number of rotatable bonds is 0. The molecule has 0 radical (unpaired) electrons. The van der Waals surface area contributed by atoms with E-state index in [1.54, 1.807) is 18.0 Å². The first-order chi connectivity index (χ1) is 6.45. The maximum Gasteiger partial charge on any atom is 0.132 e. The molecular weight excluding hydrogens is 182 g/mol. The normalized spacial score (nSPS) is 23.1. The quantitative estimate of drug-likeness (QED) is 0.626. The van der Waals surface area contributed by atoms with Crippen LogP contribution in [0, 0.1) is 0 Å². The molecule has 0 saturated heterocycles. The molecule has 2 heterocycles. The van der Waals surface area contributed by atoms with Gasteiger partial charge in [-0.15, -0.1) is 0 Å². The van der Waals surface area contributed by atoms with Gasteiger partial charge in [-0.25, -0.2) is 0 Å². The second-order valence-corrected chi connectivity index (χ2v) is 3.87. The van der Waals surface area contributed by atoms with Crippen LogP contribution < -0.4 is 4.74 Å². The zero-order valence-corrected chi connectivity index (χ0v) is 7.62. The fourth-order valence-corrected chi connectivity index (χ4v) is 2.28. The fraction of sp³-hybridized carbons (Fsp3) is 0.100. The van der Waals surface area contributed by atoms with Crippen molar-refractivity contribution in [1.82, 2.24) is 0 Å². The van der Waals surface area contributed by atoms with Crippen LogP contribution in [0.2, 0.25) is 0 Å². The lowest BCUT2D eigenvalue weighted by atomic mass is 10.1. The lowest BCUT2D eigenvalue weighted by Crippen LogP contribution is -2.03. The van der Waals surface area contributed by atoms with E-state index in [1.165, 1.54) is 10.5 Å². The molecule has 2 nitrogen and oxygen atoms in total. The average molecular weight is 189 g/mol. The molecule has 0 N–H and O–H groups in total. The van der Waals surface area contributed by atoms with Crippen molar-refractivity contribution in [3.63, 3.8) is 0 Å². The molecule has 0 saturated carbocycles. The number of fused-ring (bicyclic) bond motifs is 3. The van der Waals surface area contributed by atoms with E-state index in [2.05, 4.69) is 11.1 Å². The smallest absolute Gasteiger partial charge is 0.132 e. The highest BCUT2D eigenvalue weighted by Gasteiger charge is 2.26. The molecule has 2 aliphatic rings. The first kappa shape index (κ1) is 7.21. The number of nitrogens with zero attached hydrogens (tertiary/aromatic N) is 1. The Bertz CT molecular complexity index is 411. The summed E-state index contributed by atoms with van der Waals surface area (Å²) in [5, 5.41) is 0. The number of aliphatic imine (C=N–C) groups is 1. The van der Waals surface area contributed by atoms with Gasteiger partial charge in [0.2, 0.25) is 0 Å². The fourth-order valence-electron chi connectivity index (χ4n) is 1.55. The first-order valence-corrected chi connectivity index (χ1v) is 4.97. The third-order valence-corrected chi connectivity index (χ3v) is 3.00. The van der Waals surface area contributed by atoms with Crippen LogP contribution in [0.4, 0.5) is 0 Å². The summed E-state index contributed by atoms with van der Waals surface area (Å²) >= 11 is 1.63. The van der Waals surface area contributed by atoms with Crippen molar-refractivity contribution in [2.45, 2.75) is 6.04 Å². The minimum Gasteiger partial charge on any atom is -0.464 e. The van der Waals surface area contributed by atoms with Crippen LogP contribution in [0.15, 0.2) is 40.4 Å². The van der Waals surface area contributed by atoms with Crippen molar-refractivity contribution in [3.05, 3.63) is 41.0 Å². The largest absolute Gasteiger partial charge is 0.464 e. The molecule has 13 heavy (non-hydrogen) atoms. The van der Waals surface area contributed by atoms with E-state index >= 15 is 0 Å². The second-order valence-electron chi connectivity index (χ2n) is 2.95. The standard InChI is InChI=1S/C10H7NOS/c1-2-4-8-7(3-1)10-9(5-12-8)13-6-11-10/h1-6,10H. The van der Waals surface area contributed by atoms with Crippen LogP contribution >= 0.6 is 11.8 Å². The highest BCUT2D eigenvalue weighted by atomic mass is 32.2. The van der Waals surface area contributed by atoms with Gasteiger partial charge in [-0.2, -0.15) is 0 Å². The van der Waals surface area contributed by atoms with E-state index in [0.717, 1.165) is 5.75 Å². The number of hydrogen-bond acceptors (Lipinski definition) is 3. The molecule has 3 rings (SSSR count). The molecule has 1 aromatic carbocycles. The molecule has 0 bridgehead atoms. The lowest BCUT2D eigenvalue weighted by Gasteiger charge is -2.18. The van der Waals surface area contributed by atoms with Crippen LogP contribution in [0.1, 0.15) is 11.6 Å². The van der Waals surface area contributed by atoms with Gasteiger partial charge in [-0.05, 0) is 6.07 Å². The Labute approximate surface area is 80.3 Å². The summed E-state index contributed by atoms with van der Waals surface area (Å²) in [6.07, 6.45) is 1.80. The number of benzene rings is 1. The van der Waals surface area contributed by atoms with Crippen molar-refractivity contribution in [2.75, 3.05) is 0 Å². The summed E-state index contributed by atoms with van der Waals surface area (Å²) in [6.45, 7) is 0. The summed E-state index contributed by atoms with van der Waals surface area (Å²) in [4.78, 5) is 5.57. The van der Waals surface area contributed by atoms with E-state index in [-0.39, 0.29) is 6.04 Å². The molecule has 1 aromatic rings. The molecule has 0 spiro atoms. The van der Waals surface area contributed by atoms with Crippen LogP contribution in [0.25, 0.3) is 0 Å². The average Bonchev–Trinajstić information content (AvgIpc) is 2.65. The summed E-state index contributed by atoms with van der Waals surface area (Å²) in [7, 11) is 0. The molecule has 0 amide bonds. The van der Waals surface area contributed by atoms with E-state index < -0.39 is 0 Å². The SMILES string of the molecule is C1=NC2C(=COc3ccccc32)S1. The van der Waals surface area contributed by atoms with Crippen LogP contribution in [0.5, 0.6) is 5.75 Å². The Morgan fingerprint density at radius 2 is 2.23 bits per heavy atom. The van der Waals surface area contributed by atoms with Gasteiger partial charge in [0.1, 0.15) is 18.1 Å². The van der Waals surface area contributed by atoms with Crippen molar-refractivity contribution in [1.29, 1.82) is 0 Å². The molecular formula is C10H7NOS. The van der Waals surface area contributed by atoms with E-state index in [4.69, 9.17) is 4.74 Å². The Hall–Kier alpha value is -1.22. The maximum atomic E-state index is 5.47. The lowest BCUT2D eigenvalue weighted by molar-refractivity contribution is 0.453. The summed E-state index contributed by atoms with van der Waals surface area (Å²) < 4.78 is 5.47. The summed E-state index contributed by atoms with van der Waals surface area (Å²) in [5.41, 5.74) is 3.04. The van der Waals surface area contributed by atoms with Gasteiger partial charge in [0.15, 0.2) is 0 Å². The Kier molecular flexibility index (Phi) is 1.46. The van der Waals surface area contributed by atoms with Crippen LogP contribution in [-0.4, -0.2) is 5.55 Å². The van der Waals surface area contributed by atoms with Gasteiger partial charge in [0.25, 0.3) is 0 Å². The highest BCUT2D eigenvalue weighted by Crippen LogP contribution is 2.44. The van der Waals surface area contributed by atoms with E-state index in [0.29, 0.717) is 0 Å². The molecule has 64 valence electrons. The second kappa shape index (κ2) is 2.64. The third kappa shape index (κ3) is 1.00.